The van der Waals surface area contributed by atoms with E-state index in [1.165, 1.54) is 24.5 Å². The van der Waals surface area contributed by atoms with E-state index in [9.17, 15) is 9.90 Å². The maximum absolute atomic E-state index is 11.9. The summed E-state index contributed by atoms with van der Waals surface area (Å²) in [5, 5.41) is 12.5. The Morgan fingerprint density at radius 1 is 1.37 bits per heavy atom. The fourth-order valence-electron chi connectivity index (χ4n) is 2.25. The molecule has 0 unspecified atom stereocenters. The predicted octanol–water partition coefficient (Wildman–Crippen LogP) is 3.78. The molecule has 4 heteroatoms. The Labute approximate surface area is 121 Å². The van der Waals surface area contributed by atoms with Crippen LogP contribution in [0.2, 0.25) is 0 Å². The lowest BCUT2D eigenvalue weighted by molar-refractivity contribution is 0.0951. The Kier molecular flexibility index (Phi) is 5.02. The molecule has 0 heterocycles. The number of carbonyl (C=O) groups excluding carboxylic acids is 1. The monoisotopic (exact) mass is 323 g/mol. The van der Waals surface area contributed by atoms with E-state index in [-0.39, 0.29) is 11.7 Å². The second kappa shape index (κ2) is 6.75. The summed E-state index contributed by atoms with van der Waals surface area (Å²) in [6.07, 6.45) is 8.04. The highest BCUT2D eigenvalue weighted by Crippen LogP contribution is 2.22. The summed E-state index contributed by atoms with van der Waals surface area (Å²) in [7, 11) is 0. The Morgan fingerprint density at radius 3 is 2.95 bits per heavy atom. The Balaban J connectivity index is 1.87. The van der Waals surface area contributed by atoms with Crippen molar-refractivity contribution in [2.75, 3.05) is 6.54 Å². The van der Waals surface area contributed by atoms with Crippen molar-refractivity contribution in [2.24, 2.45) is 0 Å². The molecule has 0 aromatic heterocycles. The Hall–Kier alpha value is -1.29. The molecule has 0 saturated heterocycles. The molecule has 1 aromatic carbocycles. The molecular weight excluding hydrogens is 306 g/mol. The van der Waals surface area contributed by atoms with Gasteiger partial charge in [-0.25, -0.2) is 0 Å². The minimum Gasteiger partial charge on any atom is -0.507 e. The van der Waals surface area contributed by atoms with Gasteiger partial charge in [0.15, 0.2) is 0 Å². The minimum absolute atomic E-state index is 0.0116. The quantitative estimate of drug-likeness (QED) is 0.828. The van der Waals surface area contributed by atoms with Crippen LogP contribution in [0.3, 0.4) is 0 Å². The molecule has 0 saturated carbocycles. The molecule has 0 bridgehead atoms. The van der Waals surface area contributed by atoms with Crippen molar-refractivity contribution in [1.29, 1.82) is 0 Å². The average molecular weight is 324 g/mol. The van der Waals surface area contributed by atoms with Gasteiger partial charge >= 0.3 is 0 Å². The van der Waals surface area contributed by atoms with Gasteiger partial charge in [-0.2, -0.15) is 0 Å². The number of rotatable bonds is 4. The summed E-state index contributed by atoms with van der Waals surface area (Å²) in [6, 6.07) is 4.85. The molecule has 2 rings (SSSR count). The van der Waals surface area contributed by atoms with Gasteiger partial charge in [-0.05, 0) is 50.3 Å². The highest BCUT2D eigenvalue weighted by atomic mass is 79.9. The maximum Gasteiger partial charge on any atom is 0.255 e. The van der Waals surface area contributed by atoms with Crippen molar-refractivity contribution < 1.29 is 9.90 Å². The lowest BCUT2D eigenvalue weighted by atomic mass is 9.97. The van der Waals surface area contributed by atoms with Crippen LogP contribution >= 0.6 is 15.9 Å². The maximum atomic E-state index is 11.9. The van der Waals surface area contributed by atoms with Gasteiger partial charge in [0, 0.05) is 11.0 Å². The molecule has 19 heavy (non-hydrogen) atoms. The molecular formula is C15H18BrNO2. The summed E-state index contributed by atoms with van der Waals surface area (Å²) in [4.78, 5) is 11.9. The Bertz CT molecular complexity index is 497. The van der Waals surface area contributed by atoms with Gasteiger partial charge in [0.25, 0.3) is 5.91 Å². The van der Waals surface area contributed by atoms with E-state index in [0.717, 1.165) is 23.7 Å². The van der Waals surface area contributed by atoms with Crippen LogP contribution in [-0.4, -0.2) is 17.6 Å². The number of phenols is 1. The fraction of sp³-hybridized carbons (Fsp3) is 0.400. The number of benzene rings is 1. The molecule has 0 atom stereocenters. The standard InChI is InChI=1S/C15H18BrNO2/c16-12-6-7-14(18)13(10-12)15(19)17-9-8-11-4-2-1-3-5-11/h4,6-7,10,18H,1-3,5,8-9H2,(H,17,19). The largest absolute Gasteiger partial charge is 0.507 e. The van der Waals surface area contributed by atoms with Gasteiger partial charge in [-0.3, -0.25) is 4.79 Å². The molecule has 1 amide bonds. The molecule has 0 fully saturated rings. The summed E-state index contributed by atoms with van der Waals surface area (Å²) >= 11 is 3.30. The first kappa shape index (κ1) is 14.1. The van der Waals surface area contributed by atoms with Gasteiger partial charge in [0.2, 0.25) is 0 Å². The number of halogens is 1. The summed E-state index contributed by atoms with van der Waals surface area (Å²) in [5.41, 5.74) is 1.75. The van der Waals surface area contributed by atoms with Crippen LogP contribution < -0.4 is 5.32 Å². The van der Waals surface area contributed by atoms with Crippen LogP contribution in [0.4, 0.5) is 0 Å². The van der Waals surface area contributed by atoms with Crippen LogP contribution in [0.25, 0.3) is 0 Å². The molecule has 0 spiro atoms. The normalized spacial score (nSPS) is 14.9. The van der Waals surface area contributed by atoms with Crippen LogP contribution in [-0.2, 0) is 0 Å². The van der Waals surface area contributed by atoms with Gasteiger partial charge in [-0.15, -0.1) is 0 Å². The molecule has 1 aromatic rings. The third-order valence-electron chi connectivity index (χ3n) is 3.32. The highest BCUT2D eigenvalue weighted by Gasteiger charge is 2.11. The second-order valence-electron chi connectivity index (χ2n) is 4.78. The minimum atomic E-state index is -0.227. The number of aromatic hydroxyl groups is 1. The molecule has 1 aliphatic rings. The van der Waals surface area contributed by atoms with Crippen molar-refractivity contribution in [1.82, 2.24) is 5.32 Å². The van der Waals surface area contributed by atoms with Crippen molar-refractivity contribution >= 4 is 21.8 Å². The average Bonchev–Trinajstić information content (AvgIpc) is 2.42. The third kappa shape index (κ3) is 4.10. The fourth-order valence-corrected chi connectivity index (χ4v) is 2.61. The van der Waals surface area contributed by atoms with Crippen molar-refractivity contribution in [2.45, 2.75) is 32.1 Å². The molecule has 3 nitrogen and oxygen atoms in total. The molecule has 2 N–H and O–H groups in total. The number of allylic oxidation sites excluding steroid dienone is 1. The number of carbonyl (C=O) groups is 1. The van der Waals surface area contributed by atoms with Gasteiger partial charge in [0.1, 0.15) is 5.75 Å². The van der Waals surface area contributed by atoms with Crippen LogP contribution in [0.1, 0.15) is 42.5 Å². The van der Waals surface area contributed by atoms with Crippen molar-refractivity contribution in [3.8, 4) is 5.75 Å². The SMILES string of the molecule is O=C(NCCC1=CCCCC1)c1cc(Br)ccc1O. The zero-order valence-electron chi connectivity index (χ0n) is 10.8. The first-order chi connectivity index (χ1) is 9.16. The second-order valence-corrected chi connectivity index (χ2v) is 5.69. The van der Waals surface area contributed by atoms with Crippen molar-refractivity contribution in [3.63, 3.8) is 0 Å². The molecule has 102 valence electrons. The zero-order chi connectivity index (χ0) is 13.7. The number of hydrogen-bond acceptors (Lipinski definition) is 2. The molecule has 0 radical (unpaired) electrons. The van der Waals surface area contributed by atoms with E-state index >= 15 is 0 Å². The predicted molar refractivity (Wildman–Crippen MR) is 79.3 cm³/mol. The van der Waals surface area contributed by atoms with Crippen LogP contribution in [0, 0.1) is 0 Å². The summed E-state index contributed by atoms with van der Waals surface area (Å²) in [6.45, 7) is 0.622. The number of hydrogen-bond donors (Lipinski definition) is 2. The third-order valence-corrected chi connectivity index (χ3v) is 3.81. The van der Waals surface area contributed by atoms with E-state index in [0.29, 0.717) is 12.1 Å². The lowest BCUT2D eigenvalue weighted by Crippen LogP contribution is -2.25. The van der Waals surface area contributed by atoms with E-state index in [4.69, 9.17) is 0 Å². The van der Waals surface area contributed by atoms with Gasteiger partial charge in [0.05, 0.1) is 5.56 Å². The van der Waals surface area contributed by atoms with Crippen LogP contribution in [0.15, 0.2) is 34.3 Å². The van der Waals surface area contributed by atoms with Gasteiger partial charge in [-0.1, -0.05) is 27.6 Å². The Morgan fingerprint density at radius 2 is 2.21 bits per heavy atom. The number of phenolic OH excluding ortho intramolecular Hbond substituents is 1. The molecule has 0 aliphatic heterocycles. The van der Waals surface area contributed by atoms with E-state index in [1.54, 1.807) is 12.1 Å². The van der Waals surface area contributed by atoms with E-state index in [2.05, 4.69) is 27.3 Å². The van der Waals surface area contributed by atoms with Crippen molar-refractivity contribution in [3.05, 3.63) is 39.9 Å². The van der Waals surface area contributed by atoms with Gasteiger partial charge < -0.3 is 10.4 Å². The van der Waals surface area contributed by atoms with Crippen LogP contribution in [0.5, 0.6) is 5.75 Å². The smallest absolute Gasteiger partial charge is 0.255 e. The van der Waals surface area contributed by atoms with E-state index in [1.807, 2.05) is 0 Å². The molecule has 1 aliphatic carbocycles. The lowest BCUT2D eigenvalue weighted by Gasteiger charge is -2.13. The highest BCUT2D eigenvalue weighted by molar-refractivity contribution is 9.10. The summed E-state index contributed by atoms with van der Waals surface area (Å²) in [5.74, 6) is -0.215. The number of nitrogens with one attached hydrogen (secondary N) is 1. The van der Waals surface area contributed by atoms with E-state index < -0.39 is 0 Å². The summed E-state index contributed by atoms with van der Waals surface area (Å²) < 4.78 is 0.783. The topological polar surface area (TPSA) is 49.3 Å². The number of amides is 1. The first-order valence-corrected chi connectivity index (χ1v) is 7.41. The first-order valence-electron chi connectivity index (χ1n) is 6.61. The zero-order valence-corrected chi connectivity index (χ0v) is 12.4.